The number of rotatable bonds is 1. The summed E-state index contributed by atoms with van der Waals surface area (Å²) in [6.45, 7) is 2.83. The van der Waals surface area contributed by atoms with Crippen LogP contribution >= 0.6 is 0 Å². The van der Waals surface area contributed by atoms with Crippen molar-refractivity contribution in [3.8, 4) is 0 Å². The average Bonchev–Trinajstić information content (AvgIpc) is 2.85. The van der Waals surface area contributed by atoms with E-state index in [9.17, 15) is 13.2 Å². The SMILES string of the molecule is CC1(c2nc3c(c(C(F)(F)F)n2)CNC3)CCCCO1. The third kappa shape index (κ3) is 2.29. The zero-order valence-electron chi connectivity index (χ0n) is 11.2. The van der Waals surface area contributed by atoms with Crippen LogP contribution in [0.5, 0.6) is 0 Å². The van der Waals surface area contributed by atoms with E-state index in [1.807, 2.05) is 0 Å². The van der Waals surface area contributed by atoms with Crippen molar-refractivity contribution >= 4 is 0 Å². The molecule has 1 aromatic heterocycles. The van der Waals surface area contributed by atoms with Gasteiger partial charge in [0.1, 0.15) is 5.60 Å². The van der Waals surface area contributed by atoms with E-state index < -0.39 is 17.5 Å². The zero-order chi connectivity index (χ0) is 14.4. The molecule has 1 unspecified atom stereocenters. The van der Waals surface area contributed by atoms with E-state index in [-0.39, 0.29) is 17.9 Å². The highest BCUT2D eigenvalue weighted by Gasteiger charge is 2.41. The van der Waals surface area contributed by atoms with Gasteiger partial charge in [-0.25, -0.2) is 9.97 Å². The minimum atomic E-state index is -4.46. The number of ether oxygens (including phenoxy) is 1. The molecule has 2 aliphatic rings. The van der Waals surface area contributed by atoms with Crippen LogP contribution in [0.4, 0.5) is 13.2 Å². The lowest BCUT2D eigenvalue weighted by Crippen LogP contribution is -2.33. The van der Waals surface area contributed by atoms with Crippen molar-refractivity contribution in [1.29, 1.82) is 0 Å². The number of aromatic nitrogens is 2. The molecule has 7 heteroatoms. The van der Waals surface area contributed by atoms with Gasteiger partial charge in [0, 0.05) is 25.3 Å². The zero-order valence-corrected chi connectivity index (χ0v) is 11.2. The Balaban J connectivity index is 2.09. The lowest BCUT2D eigenvalue weighted by Gasteiger charge is -2.33. The number of halogens is 3. The first-order valence-corrected chi connectivity index (χ1v) is 6.72. The van der Waals surface area contributed by atoms with Crippen LogP contribution < -0.4 is 5.32 Å². The predicted octanol–water partition coefficient (Wildman–Crippen LogP) is 2.51. The normalized spacial score (nSPS) is 26.6. The van der Waals surface area contributed by atoms with Crippen LogP contribution in [0.3, 0.4) is 0 Å². The van der Waals surface area contributed by atoms with E-state index in [4.69, 9.17) is 4.74 Å². The molecule has 0 aliphatic carbocycles. The first-order valence-electron chi connectivity index (χ1n) is 6.72. The number of alkyl halides is 3. The van der Waals surface area contributed by atoms with Crippen LogP contribution in [-0.4, -0.2) is 16.6 Å². The molecule has 0 saturated carbocycles. The standard InChI is InChI=1S/C13H16F3N3O/c1-12(4-2-3-5-20-12)11-18-9-7-17-6-8(9)10(19-11)13(14,15)16/h17H,2-7H2,1H3. The van der Waals surface area contributed by atoms with Crippen molar-refractivity contribution in [3.05, 3.63) is 22.8 Å². The topological polar surface area (TPSA) is 47.0 Å². The average molecular weight is 287 g/mol. The van der Waals surface area contributed by atoms with Crippen LogP contribution in [0.25, 0.3) is 0 Å². The molecule has 20 heavy (non-hydrogen) atoms. The van der Waals surface area contributed by atoms with E-state index in [2.05, 4.69) is 15.3 Å². The largest absolute Gasteiger partial charge is 0.433 e. The summed E-state index contributed by atoms with van der Waals surface area (Å²) in [6, 6.07) is 0. The number of nitrogens with zero attached hydrogens (tertiary/aromatic N) is 2. The molecule has 2 aliphatic heterocycles. The summed E-state index contributed by atoms with van der Waals surface area (Å²) in [5, 5.41) is 2.90. The van der Waals surface area contributed by atoms with Gasteiger partial charge in [0.2, 0.25) is 0 Å². The van der Waals surface area contributed by atoms with Crippen molar-refractivity contribution in [3.63, 3.8) is 0 Å². The first-order chi connectivity index (χ1) is 9.40. The second kappa shape index (κ2) is 4.66. The third-order valence-corrected chi connectivity index (χ3v) is 3.90. The monoisotopic (exact) mass is 287 g/mol. The fourth-order valence-corrected chi connectivity index (χ4v) is 2.75. The van der Waals surface area contributed by atoms with E-state index in [0.29, 0.717) is 25.3 Å². The summed E-state index contributed by atoms with van der Waals surface area (Å²) in [5.41, 5.74) is -1.02. The molecule has 110 valence electrons. The van der Waals surface area contributed by atoms with Crippen LogP contribution in [-0.2, 0) is 29.6 Å². The third-order valence-electron chi connectivity index (χ3n) is 3.90. The van der Waals surface area contributed by atoms with Crippen molar-refractivity contribution in [1.82, 2.24) is 15.3 Å². The molecule has 3 heterocycles. The first kappa shape index (κ1) is 13.8. The Hall–Kier alpha value is -1.21. The molecule has 0 radical (unpaired) electrons. The molecule has 0 bridgehead atoms. The van der Waals surface area contributed by atoms with Gasteiger partial charge in [0.05, 0.1) is 5.69 Å². The van der Waals surface area contributed by atoms with Gasteiger partial charge in [-0.2, -0.15) is 13.2 Å². The molecule has 1 saturated heterocycles. The van der Waals surface area contributed by atoms with Crippen molar-refractivity contribution in [2.24, 2.45) is 0 Å². The molecular formula is C13H16F3N3O. The Morgan fingerprint density at radius 2 is 2.00 bits per heavy atom. The highest BCUT2D eigenvalue weighted by molar-refractivity contribution is 5.32. The summed E-state index contributed by atoms with van der Waals surface area (Å²) in [5.74, 6) is 0.159. The highest BCUT2D eigenvalue weighted by atomic mass is 19.4. The van der Waals surface area contributed by atoms with Crippen molar-refractivity contribution in [2.75, 3.05) is 6.61 Å². The van der Waals surface area contributed by atoms with Gasteiger partial charge in [-0.1, -0.05) is 0 Å². The quantitative estimate of drug-likeness (QED) is 0.862. The van der Waals surface area contributed by atoms with Gasteiger partial charge < -0.3 is 10.1 Å². The number of hydrogen-bond donors (Lipinski definition) is 1. The predicted molar refractivity (Wildman–Crippen MR) is 64.7 cm³/mol. The number of nitrogens with one attached hydrogen (secondary N) is 1. The van der Waals surface area contributed by atoms with Crippen molar-refractivity contribution in [2.45, 2.75) is 51.1 Å². The van der Waals surface area contributed by atoms with Gasteiger partial charge in [-0.3, -0.25) is 0 Å². The Labute approximate surface area is 114 Å². The Kier molecular flexibility index (Phi) is 3.21. The van der Waals surface area contributed by atoms with Crippen LogP contribution in [0.2, 0.25) is 0 Å². The Morgan fingerprint density at radius 3 is 2.65 bits per heavy atom. The van der Waals surface area contributed by atoms with Gasteiger partial charge in [0.25, 0.3) is 0 Å². The van der Waals surface area contributed by atoms with E-state index in [0.717, 1.165) is 12.8 Å². The molecule has 0 spiro atoms. The fourth-order valence-electron chi connectivity index (χ4n) is 2.75. The summed E-state index contributed by atoms with van der Waals surface area (Å²) in [6.07, 6.45) is -1.97. The smallest absolute Gasteiger partial charge is 0.367 e. The van der Waals surface area contributed by atoms with Gasteiger partial charge in [-0.15, -0.1) is 0 Å². The molecule has 0 amide bonds. The van der Waals surface area contributed by atoms with Gasteiger partial charge >= 0.3 is 6.18 Å². The molecule has 4 nitrogen and oxygen atoms in total. The molecule has 1 N–H and O–H groups in total. The molecule has 1 fully saturated rings. The minimum Gasteiger partial charge on any atom is -0.367 e. The summed E-state index contributed by atoms with van der Waals surface area (Å²) in [4.78, 5) is 8.13. The molecular weight excluding hydrogens is 271 g/mol. The second-order valence-electron chi connectivity index (χ2n) is 5.46. The molecule has 3 rings (SSSR count). The van der Waals surface area contributed by atoms with Crippen LogP contribution in [0, 0.1) is 0 Å². The van der Waals surface area contributed by atoms with Gasteiger partial charge in [0.15, 0.2) is 11.5 Å². The maximum atomic E-state index is 13.2. The van der Waals surface area contributed by atoms with Crippen LogP contribution in [0.1, 0.15) is 49.0 Å². The maximum Gasteiger partial charge on any atom is 0.433 e. The lowest BCUT2D eigenvalue weighted by atomic mass is 9.94. The fraction of sp³-hybridized carbons (Fsp3) is 0.692. The van der Waals surface area contributed by atoms with E-state index in [1.54, 1.807) is 6.92 Å². The molecule has 0 aromatic carbocycles. The van der Waals surface area contributed by atoms with Crippen molar-refractivity contribution < 1.29 is 17.9 Å². The minimum absolute atomic E-state index is 0.159. The lowest BCUT2D eigenvalue weighted by molar-refractivity contribution is -0.143. The Bertz CT molecular complexity index is 524. The van der Waals surface area contributed by atoms with Crippen LogP contribution in [0.15, 0.2) is 0 Å². The number of fused-ring (bicyclic) bond motifs is 1. The van der Waals surface area contributed by atoms with E-state index >= 15 is 0 Å². The summed E-state index contributed by atoms with van der Waals surface area (Å²) in [7, 11) is 0. The Morgan fingerprint density at radius 1 is 1.20 bits per heavy atom. The number of hydrogen-bond acceptors (Lipinski definition) is 4. The van der Waals surface area contributed by atoms with Gasteiger partial charge in [-0.05, 0) is 26.2 Å². The highest BCUT2D eigenvalue weighted by Crippen LogP contribution is 2.37. The van der Waals surface area contributed by atoms with E-state index in [1.165, 1.54) is 0 Å². The molecule has 1 aromatic rings. The maximum absolute atomic E-state index is 13.2. The summed E-state index contributed by atoms with van der Waals surface area (Å²) < 4.78 is 45.1. The summed E-state index contributed by atoms with van der Waals surface area (Å²) >= 11 is 0. The second-order valence-corrected chi connectivity index (χ2v) is 5.46. The molecule has 1 atom stereocenters.